The molecule has 1 N–H and O–H groups in total. The van der Waals surface area contributed by atoms with Crippen LogP contribution in [0.2, 0.25) is 0 Å². The molecule has 1 fully saturated rings. The molecule has 126 valence electrons. The zero-order valence-corrected chi connectivity index (χ0v) is 13.6. The highest BCUT2D eigenvalue weighted by molar-refractivity contribution is 5.75. The third-order valence-electron chi connectivity index (χ3n) is 3.63. The molecule has 0 spiro atoms. The van der Waals surface area contributed by atoms with Gasteiger partial charge in [-0.25, -0.2) is 0 Å². The molecule has 1 aliphatic heterocycles. The minimum atomic E-state index is -0.560. The minimum Gasteiger partial charge on any atom is -0.493 e. The molecule has 1 saturated heterocycles. The average Bonchev–Trinajstić information content (AvgIpc) is 2.91. The fraction of sp³-hybridized carbons (Fsp3) is 0.562. The van der Waals surface area contributed by atoms with Crippen molar-refractivity contribution in [2.24, 2.45) is 11.3 Å². The van der Waals surface area contributed by atoms with Gasteiger partial charge in [0.2, 0.25) is 0 Å². The van der Waals surface area contributed by atoms with Gasteiger partial charge in [0.25, 0.3) is 5.69 Å². The second-order valence-electron chi connectivity index (χ2n) is 6.64. The van der Waals surface area contributed by atoms with Gasteiger partial charge in [0.1, 0.15) is 5.75 Å². The normalized spacial score (nSPS) is 21.0. The summed E-state index contributed by atoms with van der Waals surface area (Å²) >= 11 is 0. The summed E-state index contributed by atoms with van der Waals surface area (Å²) in [6.07, 6.45) is 0.428. The van der Waals surface area contributed by atoms with Gasteiger partial charge in [-0.2, -0.15) is 0 Å². The summed E-state index contributed by atoms with van der Waals surface area (Å²) in [5.41, 5.74) is -0.571. The largest absolute Gasteiger partial charge is 0.493 e. The van der Waals surface area contributed by atoms with Gasteiger partial charge >= 0.3 is 5.97 Å². The Labute approximate surface area is 135 Å². The molecular formula is C16H22N2O5. The number of non-ortho nitro benzene ring substituents is 1. The van der Waals surface area contributed by atoms with E-state index in [-0.39, 0.29) is 23.8 Å². The van der Waals surface area contributed by atoms with Gasteiger partial charge < -0.3 is 9.47 Å². The third kappa shape index (κ3) is 4.66. The minimum absolute atomic E-state index is 0.0113. The molecule has 23 heavy (non-hydrogen) atoms. The molecule has 7 nitrogen and oxygen atoms in total. The summed E-state index contributed by atoms with van der Waals surface area (Å²) < 4.78 is 11.1. The van der Waals surface area contributed by atoms with Gasteiger partial charge in [-0.05, 0) is 39.8 Å². The summed E-state index contributed by atoms with van der Waals surface area (Å²) in [4.78, 5) is 22.3. The number of hydrogen-bond donors (Lipinski definition) is 1. The molecule has 1 aliphatic rings. The van der Waals surface area contributed by atoms with Crippen molar-refractivity contribution >= 4 is 11.7 Å². The van der Waals surface area contributed by atoms with Crippen molar-refractivity contribution in [2.75, 3.05) is 13.2 Å². The smallest absolute Gasteiger partial charge is 0.312 e. The van der Waals surface area contributed by atoms with Crippen LogP contribution in [0.4, 0.5) is 5.69 Å². The molecule has 0 radical (unpaired) electrons. The van der Waals surface area contributed by atoms with Crippen LogP contribution in [0.5, 0.6) is 5.75 Å². The quantitative estimate of drug-likeness (QED) is 0.509. The van der Waals surface area contributed by atoms with Crippen molar-refractivity contribution in [2.45, 2.75) is 33.4 Å². The van der Waals surface area contributed by atoms with Gasteiger partial charge in [-0.1, -0.05) is 6.07 Å². The van der Waals surface area contributed by atoms with Crippen LogP contribution >= 0.6 is 0 Å². The maximum Gasteiger partial charge on any atom is 0.312 e. The topological polar surface area (TPSA) is 90.7 Å². The molecule has 0 aliphatic carbocycles. The first kappa shape index (κ1) is 17.2. The van der Waals surface area contributed by atoms with Crippen LogP contribution in [-0.2, 0) is 9.53 Å². The van der Waals surface area contributed by atoms with Crippen molar-refractivity contribution in [1.82, 2.24) is 5.32 Å². The van der Waals surface area contributed by atoms with Crippen molar-refractivity contribution in [3.05, 3.63) is 34.4 Å². The number of nitro benzene ring substituents is 1. The number of hydrogen-bond acceptors (Lipinski definition) is 6. The lowest BCUT2D eigenvalue weighted by molar-refractivity contribution is -0.384. The summed E-state index contributed by atoms with van der Waals surface area (Å²) in [5.74, 6) is 0.185. The molecule has 2 atom stereocenters. The molecule has 0 amide bonds. The molecular weight excluding hydrogens is 300 g/mol. The van der Waals surface area contributed by atoms with Gasteiger partial charge in [-0.3, -0.25) is 20.2 Å². The van der Waals surface area contributed by atoms with Gasteiger partial charge in [-0.15, -0.1) is 0 Å². The summed E-state index contributed by atoms with van der Waals surface area (Å²) in [5, 5.41) is 13.9. The zero-order valence-electron chi connectivity index (χ0n) is 13.6. The highest BCUT2D eigenvalue weighted by Gasteiger charge is 2.34. The molecule has 1 heterocycles. The Kier molecular flexibility index (Phi) is 5.20. The van der Waals surface area contributed by atoms with Crippen LogP contribution in [0, 0.1) is 21.4 Å². The van der Waals surface area contributed by atoms with E-state index in [2.05, 4.69) is 5.32 Å². The van der Waals surface area contributed by atoms with E-state index in [0.29, 0.717) is 12.4 Å². The molecule has 0 aromatic heterocycles. The van der Waals surface area contributed by atoms with E-state index in [1.165, 1.54) is 12.1 Å². The lowest BCUT2D eigenvalue weighted by atomic mass is 9.97. The first-order valence-electron chi connectivity index (χ1n) is 7.59. The Morgan fingerprint density at radius 1 is 1.43 bits per heavy atom. The third-order valence-corrected chi connectivity index (χ3v) is 3.63. The number of nitro groups is 1. The van der Waals surface area contributed by atoms with E-state index in [1.54, 1.807) is 32.9 Å². The lowest BCUT2D eigenvalue weighted by Crippen LogP contribution is -2.38. The Morgan fingerprint density at radius 2 is 2.17 bits per heavy atom. The van der Waals surface area contributed by atoms with Crippen LogP contribution < -0.4 is 10.1 Å². The van der Waals surface area contributed by atoms with E-state index in [1.807, 2.05) is 0 Å². The van der Waals surface area contributed by atoms with Crippen LogP contribution in [0.3, 0.4) is 0 Å². The summed E-state index contributed by atoms with van der Waals surface area (Å²) in [7, 11) is 0. The SMILES string of the molecule is CC(C)(C)C(=O)OC1NCC[C@H]1COc1cccc([N+](=O)[O-])c1. The summed E-state index contributed by atoms with van der Waals surface area (Å²) in [6.45, 7) is 6.48. The number of ether oxygens (including phenoxy) is 2. The van der Waals surface area contributed by atoms with Crippen LogP contribution in [0.1, 0.15) is 27.2 Å². The Balaban J connectivity index is 1.93. The number of rotatable bonds is 5. The molecule has 1 aromatic carbocycles. The van der Waals surface area contributed by atoms with Crippen molar-refractivity contribution in [1.29, 1.82) is 0 Å². The number of nitrogens with zero attached hydrogens (tertiary/aromatic N) is 1. The monoisotopic (exact) mass is 322 g/mol. The first-order valence-corrected chi connectivity index (χ1v) is 7.59. The average molecular weight is 322 g/mol. The predicted octanol–water partition coefficient (Wildman–Crippen LogP) is 2.50. The Hall–Kier alpha value is -2.15. The number of benzene rings is 1. The van der Waals surface area contributed by atoms with Gasteiger partial charge in [0, 0.05) is 12.0 Å². The molecule has 0 saturated carbocycles. The maximum absolute atomic E-state index is 12.0. The lowest BCUT2D eigenvalue weighted by Gasteiger charge is -2.24. The van der Waals surface area contributed by atoms with E-state index in [0.717, 1.165) is 13.0 Å². The first-order chi connectivity index (χ1) is 10.8. The molecule has 0 bridgehead atoms. The van der Waals surface area contributed by atoms with Gasteiger partial charge in [0.15, 0.2) is 6.23 Å². The molecule has 7 heteroatoms. The Morgan fingerprint density at radius 3 is 2.83 bits per heavy atom. The van der Waals surface area contributed by atoms with Crippen LogP contribution in [0.25, 0.3) is 0 Å². The molecule has 2 rings (SSSR count). The zero-order chi connectivity index (χ0) is 17.0. The predicted molar refractivity (Wildman–Crippen MR) is 84.0 cm³/mol. The van der Waals surface area contributed by atoms with Crippen molar-refractivity contribution in [3.63, 3.8) is 0 Å². The second kappa shape index (κ2) is 6.95. The highest BCUT2D eigenvalue weighted by atomic mass is 16.6. The van der Waals surface area contributed by atoms with Crippen LogP contribution in [-0.4, -0.2) is 30.3 Å². The Bertz CT molecular complexity index is 582. The maximum atomic E-state index is 12.0. The highest BCUT2D eigenvalue weighted by Crippen LogP contribution is 2.24. The molecule has 1 aromatic rings. The number of carbonyl (C=O) groups excluding carboxylic acids is 1. The van der Waals surface area contributed by atoms with E-state index in [9.17, 15) is 14.9 Å². The van der Waals surface area contributed by atoms with Crippen molar-refractivity contribution < 1.29 is 19.2 Å². The fourth-order valence-electron chi connectivity index (χ4n) is 2.22. The summed E-state index contributed by atoms with van der Waals surface area (Å²) in [6, 6.07) is 6.06. The van der Waals surface area contributed by atoms with E-state index in [4.69, 9.17) is 9.47 Å². The van der Waals surface area contributed by atoms with E-state index < -0.39 is 10.3 Å². The molecule has 1 unspecified atom stereocenters. The number of carbonyl (C=O) groups is 1. The van der Waals surface area contributed by atoms with Gasteiger partial charge in [0.05, 0.1) is 23.0 Å². The van der Waals surface area contributed by atoms with Crippen LogP contribution in [0.15, 0.2) is 24.3 Å². The standard InChI is InChI=1S/C16H22N2O5/c1-16(2,3)15(19)23-14-11(7-8-17-14)10-22-13-6-4-5-12(9-13)18(20)21/h4-6,9,11,14,17H,7-8,10H2,1-3H3/t11-,14?/m0/s1. The van der Waals surface area contributed by atoms with E-state index >= 15 is 0 Å². The number of esters is 1. The second-order valence-corrected chi connectivity index (χ2v) is 6.64. The number of nitrogens with one attached hydrogen (secondary N) is 1. The fourth-order valence-corrected chi connectivity index (χ4v) is 2.22. The van der Waals surface area contributed by atoms with Crippen molar-refractivity contribution in [3.8, 4) is 5.75 Å².